The van der Waals surface area contributed by atoms with Crippen LogP contribution in [0.1, 0.15) is 32.0 Å². The summed E-state index contributed by atoms with van der Waals surface area (Å²) < 4.78 is 5.24. The van der Waals surface area contributed by atoms with E-state index in [2.05, 4.69) is 15.6 Å². The molecule has 1 heterocycles. The van der Waals surface area contributed by atoms with E-state index in [1.165, 1.54) is 0 Å². The number of aromatic nitrogens is 1. The number of H-pyrrole nitrogens is 1. The molecule has 0 spiro atoms. The van der Waals surface area contributed by atoms with E-state index in [9.17, 15) is 4.79 Å². The highest BCUT2D eigenvalue weighted by molar-refractivity contribution is 5.68. The highest BCUT2D eigenvalue weighted by atomic mass is 16.6. The van der Waals surface area contributed by atoms with Crippen molar-refractivity contribution in [3.63, 3.8) is 0 Å². The minimum Gasteiger partial charge on any atom is -0.444 e. The Balaban J connectivity index is 1.92. The number of anilines is 1. The fourth-order valence-corrected chi connectivity index (χ4v) is 2.00. The first-order chi connectivity index (χ1) is 10.4. The van der Waals surface area contributed by atoms with Crippen molar-refractivity contribution in [1.29, 1.82) is 0 Å². The third-order valence-electron chi connectivity index (χ3n) is 2.97. The van der Waals surface area contributed by atoms with E-state index < -0.39 is 11.7 Å². The van der Waals surface area contributed by atoms with Crippen molar-refractivity contribution in [2.24, 2.45) is 0 Å². The van der Waals surface area contributed by atoms with E-state index >= 15 is 0 Å². The number of aromatic amines is 1. The number of carbonyl (C=O) groups is 1. The lowest BCUT2D eigenvalue weighted by atomic mass is 10.1. The molecule has 1 amide bonds. The van der Waals surface area contributed by atoms with Gasteiger partial charge in [0, 0.05) is 24.1 Å². The summed E-state index contributed by atoms with van der Waals surface area (Å²) in [4.78, 5) is 14.9. The number of hydrogen-bond donors (Lipinski definition) is 3. The Bertz CT molecular complexity index is 601. The van der Waals surface area contributed by atoms with Gasteiger partial charge in [0.15, 0.2) is 0 Å². The van der Waals surface area contributed by atoms with Crippen LogP contribution in [0.5, 0.6) is 0 Å². The van der Waals surface area contributed by atoms with E-state index in [0.717, 1.165) is 16.9 Å². The van der Waals surface area contributed by atoms with Crippen LogP contribution in [-0.4, -0.2) is 16.7 Å². The number of para-hydroxylation sites is 1. The van der Waals surface area contributed by atoms with E-state index in [4.69, 9.17) is 4.74 Å². The molecular weight excluding hydrogens is 278 g/mol. The summed E-state index contributed by atoms with van der Waals surface area (Å²) >= 11 is 0. The molecule has 118 valence electrons. The van der Waals surface area contributed by atoms with Crippen molar-refractivity contribution in [3.8, 4) is 0 Å². The third kappa shape index (κ3) is 5.16. The topological polar surface area (TPSA) is 66.2 Å². The van der Waals surface area contributed by atoms with Crippen LogP contribution in [0.25, 0.3) is 0 Å². The number of nitrogens with one attached hydrogen (secondary N) is 3. The molecule has 0 aliphatic heterocycles. The maximum absolute atomic E-state index is 11.7. The maximum atomic E-state index is 11.7. The van der Waals surface area contributed by atoms with Gasteiger partial charge >= 0.3 is 6.09 Å². The van der Waals surface area contributed by atoms with Crippen molar-refractivity contribution in [1.82, 2.24) is 10.3 Å². The Kier molecular flexibility index (Phi) is 5.09. The van der Waals surface area contributed by atoms with Crippen molar-refractivity contribution < 1.29 is 9.53 Å². The van der Waals surface area contributed by atoms with Gasteiger partial charge in [0.05, 0.1) is 6.54 Å². The molecule has 1 aromatic heterocycles. The van der Waals surface area contributed by atoms with Crippen LogP contribution in [0, 0.1) is 0 Å². The van der Waals surface area contributed by atoms with Crippen molar-refractivity contribution in [2.75, 3.05) is 5.32 Å². The minimum atomic E-state index is -0.491. The van der Waals surface area contributed by atoms with E-state index in [1.807, 2.05) is 63.4 Å². The van der Waals surface area contributed by atoms with Crippen molar-refractivity contribution >= 4 is 11.8 Å². The zero-order valence-corrected chi connectivity index (χ0v) is 13.3. The third-order valence-corrected chi connectivity index (χ3v) is 2.97. The van der Waals surface area contributed by atoms with Gasteiger partial charge in [-0.3, -0.25) is 0 Å². The van der Waals surface area contributed by atoms with Crippen molar-refractivity contribution in [2.45, 2.75) is 39.5 Å². The van der Waals surface area contributed by atoms with Gasteiger partial charge in [-0.1, -0.05) is 18.2 Å². The van der Waals surface area contributed by atoms with Crippen LogP contribution in [0.4, 0.5) is 10.5 Å². The molecule has 0 aliphatic rings. The van der Waals surface area contributed by atoms with E-state index in [0.29, 0.717) is 13.1 Å². The van der Waals surface area contributed by atoms with E-state index in [-0.39, 0.29) is 0 Å². The highest BCUT2D eigenvalue weighted by Gasteiger charge is 2.16. The predicted octanol–water partition coefficient (Wildman–Crippen LogP) is 3.65. The number of ether oxygens (including phenoxy) is 1. The predicted molar refractivity (Wildman–Crippen MR) is 87.6 cm³/mol. The smallest absolute Gasteiger partial charge is 0.407 e. The van der Waals surface area contributed by atoms with Gasteiger partial charge in [0.25, 0.3) is 0 Å². The molecule has 0 saturated carbocycles. The Hall–Kier alpha value is -2.43. The van der Waals surface area contributed by atoms with Gasteiger partial charge in [0.1, 0.15) is 5.60 Å². The van der Waals surface area contributed by atoms with E-state index in [1.54, 1.807) is 0 Å². The first-order valence-electron chi connectivity index (χ1n) is 7.35. The molecule has 0 bridgehead atoms. The number of amides is 1. The summed E-state index contributed by atoms with van der Waals surface area (Å²) in [6.45, 7) is 6.66. The monoisotopic (exact) mass is 301 g/mol. The normalized spacial score (nSPS) is 11.0. The Morgan fingerprint density at radius 3 is 2.59 bits per heavy atom. The lowest BCUT2D eigenvalue weighted by molar-refractivity contribution is 0.0523. The SMILES string of the molecule is CC(C)(C)OC(=O)NCc1ccccc1NCc1ccc[nH]1. The first kappa shape index (κ1) is 15.9. The number of benzene rings is 1. The van der Waals surface area contributed by atoms with Crippen molar-refractivity contribution in [3.05, 3.63) is 53.9 Å². The van der Waals surface area contributed by atoms with Crippen LogP contribution in [0.3, 0.4) is 0 Å². The number of carbonyl (C=O) groups excluding carboxylic acids is 1. The van der Waals surface area contributed by atoms with Crippen LogP contribution in [-0.2, 0) is 17.8 Å². The van der Waals surface area contributed by atoms with Gasteiger partial charge in [0.2, 0.25) is 0 Å². The second kappa shape index (κ2) is 7.02. The quantitative estimate of drug-likeness (QED) is 0.789. The molecule has 5 nitrogen and oxygen atoms in total. The summed E-state index contributed by atoms with van der Waals surface area (Å²) in [6.07, 6.45) is 1.49. The first-order valence-corrected chi connectivity index (χ1v) is 7.35. The maximum Gasteiger partial charge on any atom is 0.407 e. The van der Waals surface area contributed by atoms with Gasteiger partial charge in [-0.2, -0.15) is 0 Å². The number of rotatable bonds is 5. The largest absolute Gasteiger partial charge is 0.444 e. The standard InChI is InChI=1S/C17H23N3O2/c1-17(2,3)22-16(21)20-11-13-7-4-5-9-15(13)19-12-14-8-6-10-18-14/h4-10,18-19H,11-12H2,1-3H3,(H,20,21). The fraction of sp³-hybridized carbons (Fsp3) is 0.353. The van der Waals surface area contributed by atoms with Crippen LogP contribution in [0.2, 0.25) is 0 Å². The second-order valence-electron chi connectivity index (χ2n) is 6.06. The zero-order valence-electron chi connectivity index (χ0n) is 13.3. The molecule has 3 N–H and O–H groups in total. The molecule has 0 atom stereocenters. The van der Waals surface area contributed by atoms with Gasteiger partial charge in [-0.15, -0.1) is 0 Å². The molecule has 2 aromatic rings. The molecule has 1 aromatic carbocycles. The highest BCUT2D eigenvalue weighted by Crippen LogP contribution is 2.16. The zero-order chi connectivity index (χ0) is 16.0. The Labute approximate surface area is 131 Å². The molecule has 0 radical (unpaired) electrons. The summed E-state index contributed by atoms with van der Waals surface area (Å²) in [5.74, 6) is 0. The molecule has 0 aliphatic carbocycles. The number of hydrogen-bond acceptors (Lipinski definition) is 3. The summed E-state index contributed by atoms with van der Waals surface area (Å²) in [5.41, 5.74) is 2.62. The van der Waals surface area contributed by atoms with Crippen LogP contribution >= 0.6 is 0 Å². The lowest BCUT2D eigenvalue weighted by Gasteiger charge is -2.20. The Morgan fingerprint density at radius 1 is 1.14 bits per heavy atom. The molecule has 0 fully saturated rings. The molecular formula is C17H23N3O2. The minimum absolute atomic E-state index is 0.410. The average Bonchev–Trinajstić information content (AvgIpc) is 2.95. The molecule has 0 unspecified atom stereocenters. The average molecular weight is 301 g/mol. The Morgan fingerprint density at radius 2 is 1.91 bits per heavy atom. The molecule has 2 rings (SSSR count). The van der Waals surface area contributed by atoms with Gasteiger partial charge < -0.3 is 20.4 Å². The summed E-state index contributed by atoms with van der Waals surface area (Å²) in [6, 6.07) is 11.9. The second-order valence-corrected chi connectivity index (χ2v) is 6.06. The fourth-order valence-electron chi connectivity index (χ4n) is 2.00. The van der Waals surface area contributed by atoms with Gasteiger partial charge in [-0.05, 0) is 44.5 Å². The number of alkyl carbamates (subject to hydrolysis) is 1. The molecule has 5 heteroatoms. The summed E-state index contributed by atoms with van der Waals surface area (Å²) in [7, 11) is 0. The van der Waals surface area contributed by atoms with Crippen LogP contribution < -0.4 is 10.6 Å². The van der Waals surface area contributed by atoms with Crippen LogP contribution in [0.15, 0.2) is 42.6 Å². The van der Waals surface area contributed by atoms with Gasteiger partial charge in [-0.25, -0.2) is 4.79 Å². The molecule has 0 saturated heterocycles. The summed E-state index contributed by atoms with van der Waals surface area (Å²) in [5, 5.41) is 6.14. The lowest BCUT2D eigenvalue weighted by Crippen LogP contribution is -2.32. The molecule has 22 heavy (non-hydrogen) atoms.